The number of esters is 1. The van der Waals surface area contributed by atoms with E-state index >= 15 is 0 Å². The Morgan fingerprint density at radius 2 is 1.65 bits per heavy atom. The van der Waals surface area contributed by atoms with Gasteiger partial charge in [-0.1, -0.05) is 48.0 Å². The summed E-state index contributed by atoms with van der Waals surface area (Å²) in [6.45, 7) is 3.23. The standard InChI is InChI=1S/C27H24ClNO5/c1-2-31-24-18-19(17-23-27(30)34-26(29-23)20-10-5-3-6-11-20)16-22(28)25(24)33-15-9-14-32-21-12-7-4-8-13-21/h3-8,10-13,16-18H,2,9,14-15H2,1H3/b23-17-. The van der Waals surface area contributed by atoms with Crippen molar-refractivity contribution in [2.24, 2.45) is 4.99 Å². The van der Waals surface area contributed by atoms with Crippen LogP contribution in [0.5, 0.6) is 17.2 Å². The first-order valence-corrected chi connectivity index (χ1v) is 11.4. The number of hydrogen-bond acceptors (Lipinski definition) is 6. The summed E-state index contributed by atoms with van der Waals surface area (Å²) in [5.74, 6) is 1.51. The molecule has 4 rings (SSSR count). The fourth-order valence-corrected chi connectivity index (χ4v) is 3.56. The molecule has 6 nitrogen and oxygen atoms in total. The molecule has 3 aromatic carbocycles. The van der Waals surface area contributed by atoms with Crippen LogP contribution in [-0.4, -0.2) is 31.7 Å². The van der Waals surface area contributed by atoms with Crippen LogP contribution < -0.4 is 14.2 Å². The Hall–Kier alpha value is -3.77. The molecule has 174 valence electrons. The molecular formula is C27H24ClNO5. The van der Waals surface area contributed by atoms with Crippen LogP contribution in [0.15, 0.2) is 83.5 Å². The zero-order chi connectivity index (χ0) is 23.8. The van der Waals surface area contributed by atoms with Gasteiger partial charge < -0.3 is 18.9 Å². The van der Waals surface area contributed by atoms with Crippen molar-refractivity contribution < 1.29 is 23.7 Å². The SMILES string of the molecule is CCOc1cc(/C=C2\N=C(c3ccccc3)OC2=O)cc(Cl)c1OCCCOc1ccccc1. The predicted octanol–water partition coefficient (Wildman–Crippen LogP) is 5.93. The highest BCUT2D eigenvalue weighted by molar-refractivity contribution is 6.32. The van der Waals surface area contributed by atoms with Gasteiger partial charge in [-0.05, 0) is 55.0 Å². The van der Waals surface area contributed by atoms with E-state index in [2.05, 4.69) is 4.99 Å². The molecule has 1 aliphatic heterocycles. The number of halogens is 1. The highest BCUT2D eigenvalue weighted by Gasteiger charge is 2.24. The van der Waals surface area contributed by atoms with Gasteiger partial charge in [0, 0.05) is 12.0 Å². The van der Waals surface area contributed by atoms with E-state index in [1.165, 1.54) is 0 Å². The number of ether oxygens (including phenoxy) is 4. The fourth-order valence-electron chi connectivity index (χ4n) is 3.29. The lowest BCUT2D eigenvalue weighted by Gasteiger charge is -2.15. The van der Waals surface area contributed by atoms with Gasteiger partial charge >= 0.3 is 5.97 Å². The summed E-state index contributed by atoms with van der Waals surface area (Å²) < 4.78 is 22.6. The fraction of sp³-hybridized carbons (Fsp3) is 0.185. The summed E-state index contributed by atoms with van der Waals surface area (Å²) in [7, 11) is 0. The molecule has 1 heterocycles. The maximum Gasteiger partial charge on any atom is 0.363 e. The molecule has 0 atom stereocenters. The van der Waals surface area contributed by atoms with E-state index in [9.17, 15) is 4.79 Å². The first-order chi connectivity index (χ1) is 16.6. The van der Waals surface area contributed by atoms with Gasteiger partial charge in [0.1, 0.15) is 5.75 Å². The smallest absolute Gasteiger partial charge is 0.363 e. The van der Waals surface area contributed by atoms with Gasteiger partial charge in [-0.3, -0.25) is 0 Å². The van der Waals surface area contributed by atoms with Crippen LogP contribution in [-0.2, 0) is 9.53 Å². The van der Waals surface area contributed by atoms with E-state index in [0.717, 1.165) is 11.3 Å². The normalized spacial score (nSPS) is 14.0. The molecule has 0 radical (unpaired) electrons. The summed E-state index contributed by atoms with van der Waals surface area (Å²) >= 11 is 6.51. The second-order valence-corrected chi connectivity index (χ2v) is 7.74. The number of cyclic esters (lactones) is 1. The van der Waals surface area contributed by atoms with Crippen molar-refractivity contribution in [2.45, 2.75) is 13.3 Å². The molecule has 3 aromatic rings. The molecule has 0 spiro atoms. The minimum absolute atomic E-state index is 0.184. The predicted molar refractivity (Wildman–Crippen MR) is 132 cm³/mol. The van der Waals surface area contributed by atoms with Crippen molar-refractivity contribution in [1.82, 2.24) is 0 Å². The number of hydrogen-bond donors (Lipinski definition) is 0. The van der Waals surface area contributed by atoms with E-state index in [0.29, 0.717) is 48.3 Å². The molecule has 0 bridgehead atoms. The molecule has 34 heavy (non-hydrogen) atoms. The molecule has 1 aliphatic rings. The third-order valence-corrected chi connectivity index (χ3v) is 5.10. The van der Waals surface area contributed by atoms with Crippen LogP contribution >= 0.6 is 11.6 Å². The summed E-state index contributed by atoms with van der Waals surface area (Å²) in [5.41, 5.74) is 1.56. The number of rotatable bonds is 10. The lowest BCUT2D eigenvalue weighted by molar-refractivity contribution is -0.129. The van der Waals surface area contributed by atoms with Crippen molar-refractivity contribution >= 4 is 29.5 Å². The van der Waals surface area contributed by atoms with E-state index in [4.69, 9.17) is 30.5 Å². The van der Waals surface area contributed by atoms with Crippen molar-refractivity contribution in [2.75, 3.05) is 19.8 Å². The van der Waals surface area contributed by atoms with E-state index in [-0.39, 0.29) is 11.6 Å². The average Bonchev–Trinajstić information content (AvgIpc) is 3.22. The van der Waals surface area contributed by atoms with Crippen molar-refractivity contribution in [3.05, 3.63) is 94.6 Å². The van der Waals surface area contributed by atoms with Gasteiger partial charge in [0.15, 0.2) is 17.2 Å². The largest absolute Gasteiger partial charge is 0.493 e. The topological polar surface area (TPSA) is 66.4 Å². The van der Waals surface area contributed by atoms with E-state index < -0.39 is 5.97 Å². The lowest BCUT2D eigenvalue weighted by Crippen LogP contribution is -2.07. The van der Waals surface area contributed by atoms with E-state index in [1.54, 1.807) is 18.2 Å². The average molecular weight is 478 g/mol. The highest BCUT2D eigenvalue weighted by Crippen LogP contribution is 2.37. The molecule has 0 saturated heterocycles. The minimum Gasteiger partial charge on any atom is -0.493 e. The molecule has 0 amide bonds. The molecule has 0 unspecified atom stereocenters. The Kier molecular flexibility index (Phi) is 7.83. The van der Waals surface area contributed by atoms with Crippen LogP contribution in [0.1, 0.15) is 24.5 Å². The summed E-state index contributed by atoms with van der Waals surface area (Å²) in [6, 6.07) is 22.3. The Labute approximate surface area is 203 Å². The van der Waals surface area contributed by atoms with Gasteiger partial charge in [-0.2, -0.15) is 0 Å². The van der Waals surface area contributed by atoms with Crippen molar-refractivity contribution in [3.8, 4) is 17.2 Å². The van der Waals surface area contributed by atoms with Crippen molar-refractivity contribution in [3.63, 3.8) is 0 Å². The van der Waals surface area contributed by atoms with Crippen LogP contribution in [0.4, 0.5) is 0 Å². The van der Waals surface area contributed by atoms with Crippen LogP contribution in [0.25, 0.3) is 6.08 Å². The number of para-hydroxylation sites is 1. The zero-order valence-corrected chi connectivity index (χ0v) is 19.5. The maximum atomic E-state index is 12.3. The first kappa shape index (κ1) is 23.4. The molecule has 0 aromatic heterocycles. The maximum absolute atomic E-state index is 12.3. The molecular weight excluding hydrogens is 454 g/mol. The Bertz CT molecular complexity index is 1190. The summed E-state index contributed by atoms with van der Waals surface area (Å²) in [6.07, 6.45) is 2.29. The number of carbonyl (C=O) groups is 1. The third-order valence-electron chi connectivity index (χ3n) is 4.82. The zero-order valence-electron chi connectivity index (χ0n) is 18.7. The second-order valence-electron chi connectivity index (χ2n) is 7.33. The van der Waals surface area contributed by atoms with Crippen LogP contribution in [0, 0.1) is 0 Å². The number of aliphatic imine (C=N–C) groups is 1. The monoisotopic (exact) mass is 477 g/mol. The third kappa shape index (κ3) is 5.97. The molecule has 0 saturated carbocycles. The van der Waals surface area contributed by atoms with Gasteiger partial charge in [-0.15, -0.1) is 0 Å². The summed E-state index contributed by atoms with van der Waals surface area (Å²) in [4.78, 5) is 16.7. The molecule has 0 N–H and O–H groups in total. The molecule has 0 fully saturated rings. The molecule has 7 heteroatoms. The quantitative estimate of drug-likeness (QED) is 0.206. The number of carbonyl (C=O) groups excluding carboxylic acids is 1. The minimum atomic E-state index is -0.522. The van der Waals surface area contributed by atoms with Gasteiger partial charge in [0.05, 0.1) is 24.8 Å². The Morgan fingerprint density at radius 1 is 0.941 bits per heavy atom. The second kappa shape index (κ2) is 11.4. The van der Waals surface area contributed by atoms with E-state index in [1.807, 2.05) is 67.6 Å². The van der Waals surface area contributed by atoms with Crippen LogP contribution in [0.3, 0.4) is 0 Å². The first-order valence-electron chi connectivity index (χ1n) is 11.0. The Balaban J connectivity index is 1.45. The van der Waals surface area contributed by atoms with Gasteiger partial charge in [0.25, 0.3) is 0 Å². The Morgan fingerprint density at radius 3 is 2.38 bits per heavy atom. The highest BCUT2D eigenvalue weighted by atomic mass is 35.5. The lowest BCUT2D eigenvalue weighted by atomic mass is 10.1. The van der Waals surface area contributed by atoms with Crippen LogP contribution in [0.2, 0.25) is 5.02 Å². The summed E-state index contributed by atoms with van der Waals surface area (Å²) in [5, 5.41) is 0.375. The van der Waals surface area contributed by atoms with Gasteiger partial charge in [-0.25, -0.2) is 9.79 Å². The molecule has 0 aliphatic carbocycles. The van der Waals surface area contributed by atoms with Gasteiger partial charge in [0.2, 0.25) is 5.90 Å². The van der Waals surface area contributed by atoms with Crippen molar-refractivity contribution in [1.29, 1.82) is 0 Å². The number of benzene rings is 3. The number of nitrogens with zero attached hydrogens (tertiary/aromatic N) is 1.